The van der Waals surface area contributed by atoms with Gasteiger partial charge in [0.2, 0.25) is 0 Å². The van der Waals surface area contributed by atoms with E-state index in [1.165, 1.54) is 18.2 Å². The number of alkyl halides is 1. The van der Waals surface area contributed by atoms with Crippen LogP contribution >= 0.6 is 27.5 Å². The lowest BCUT2D eigenvalue weighted by molar-refractivity contribution is 0.507. The van der Waals surface area contributed by atoms with E-state index in [2.05, 4.69) is 15.9 Å². The fraction of sp³-hybridized carbons (Fsp3) is 0.0769. The van der Waals surface area contributed by atoms with E-state index in [0.717, 1.165) is 12.1 Å². The Morgan fingerprint density at radius 1 is 0.944 bits per heavy atom. The van der Waals surface area contributed by atoms with E-state index < -0.39 is 22.8 Å². The molecule has 2 rings (SSSR count). The van der Waals surface area contributed by atoms with Crippen molar-refractivity contribution in [3.8, 4) is 0 Å². The first kappa shape index (κ1) is 13.4. The van der Waals surface area contributed by atoms with Crippen LogP contribution in [0.5, 0.6) is 0 Å². The summed E-state index contributed by atoms with van der Waals surface area (Å²) in [5.41, 5.74) is 0.824. The molecule has 5 heteroatoms. The molecule has 2 aromatic carbocycles. The summed E-state index contributed by atoms with van der Waals surface area (Å²) in [7, 11) is 0. The number of hydrogen-bond donors (Lipinski definition) is 0. The molecule has 0 spiro atoms. The molecule has 0 heterocycles. The predicted molar refractivity (Wildman–Crippen MR) is 68.2 cm³/mol. The van der Waals surface area contributed by atoms with Crippen LogP contribution in [0, 0.1) is 17.5 Å². The van der Waals surface area contributed by atoms with E-state index in [4.69, 9.17) is 11.6 Å². The average molecular weight is 336 g/mol. The topological polar surface area (TPSA) is 0 Å². The molecular weight excluding hydrogens is 328 g/mol. The first-order chi connectivity index (χ1) is 8.50. The van der Waals surface area contributed by atoms with Crippen LogP contribution in [0.25, 0.3) is 0 Å². The smallest absolute Gasteiger partial charge is 0.159 e. The van der Waals surface area contributed by atoms with Gasteiger partial charge in [-0.05, 0) is 45.3 Å². The van der Waals surface area contributed by atoms with Crippen LogP contribution < -0.4 is 0 Å². The van der Waals surface area contributed by atoms with E-state index in [1.54, 1.807) is 6.07 Å². The third-order valence-electron chi connectivity index (χ3n) is 2.49. The van der Waals surface area contributed by atoms with Crippen LogP contribution in [0.15, 0.2) is 40.9 Å². The van der Waals surface area contributed by atoms with E-state index in [0.29, 0.717) is 11.1 Å². The summed E-state index contributed by atoms with van der Waals surface area (Å²) in [4.78, 5) is 0. The number of rotatable bonds is 2. The Kier molecular flexibility index (Phi) is 3.97. The highest BCUT2D eigenvalue weighted by Crippen LogP contribution is 2.35. The van der Waals surface area contributed by atoms with Gasteiger partial charge in [0.25, 0.3) is 0 Å². The van der Waals surface area contributed by atoms with Crippen molar-refractivity contribution in [1.82, 2.24) is 0 Å². The molecule has 0 aliphatic heterocycles. The second-order valence-corrected chi connectivity index (χ2v) is 4.91. The van der Waals surface area contributed by atoms with E-state index in [1.807, 2.05) is 0 Å². The van der Waals surface area contributed by atoms with Crippen LogP contribution in [-0.2, 0) is 0 Å². The third-order valence-corrected chi connectivity index (χ3v) is 3.81. The Bertz CT molecular complexity index is 586. The molecule has 1 unspecified atom stereocenters. The minimum Gasteiger partial charge on any atom is -0.206 e. The first-order valence-corrected chi connectivity index (χ1v) is 6.26. The van der Waals surface area contributed by atoms with Gasteiger partial charge in [0, 0.05) is 0 Å². The Morgan fingerprint density at radius 2 is 1.67 bits per heavy atom. The zero-order valence-corrected chi connectivity index (χ0v) is 11.3. The largest absolute Gasteiger partial charge is 0.206 e. The van der Waals surface area contributed by atoms with Gasteiger partial charge >= 0.3 is 0 Å². The van der Waals surface area contributed by atoms with Crippen molar-refractivity contribution in [2.45, 2.75) is 5.38 Å². The summed E-state index contributed by atoms with van der Waals surface area (Å²) < 4.78 is 39.5. The lowest BCUT2D eigenvalue weighted by Gasteiger charge is -2.13. The standard InChI is InChI=1S/C13H7BrClF3/c14-12-8(2-1-3-10(12)17)13(15)7-4-5-9(16)11(18)6-7/h1-6,13H. The van der Waals surface area contributed by atoms with Crippen LogP contribution in [-0.4, -0.2) is 0 Å². The SMILES string of the molecule is Fc1ccc(C(Cl)c2cccc(F)c2Br)cc1F. The normalized spacial score (nSPS) is 12.5. The van der Waals surface area contributed by atoms with Crippen LogP contribution in [0.4, 0.5) is 13.2 Å². The number of halogens is 5. The Hall–Kier alpha value is -1.00. The molecule has 0 aliphatic carbocycles. The van der Waals surface area contributed by atoms with Gasteiger partial charge in [-0.15, -0.1) is 11.6 Å². The lowest BCUT2D eigenvalue weighted by atomic mass is 10.0. The molecule has 0 nitrogen and oxygen atoms in total. The highest BCUT2D eigenvalue weighted by molar-refractivity contribution is 9.10. The molecule has 0 aromatic heterocycles. The van der Waals surface area contributed by atoms with Gasteiger partial charge < -0.3 is 0 Å². The van der Waals surface area contributed by atoms with Crippen molar-refractivity contribution >= 4 is 27.5 Å². The predicted octanol–water partition coefficient (Wildman–Crippen LogP) is 5.19. The summed E-state index contributed by atoms with van der Waals surface area (Å²) >= 11 is 9.23. The van der Waals surface area contributed by atoms with Crippen molar-refractivity contribution in [3.05, 3.63) is 69.4 Å². The lowest BCUT2D eigenvalue weighted by Crippen LogP contribution is -1.98. The maximum atomic E-state index is 13.4. The fourth-order valence-electron chi connectivity index (χ4n) is 1.57. The van der Waals surface area contributed by atoms with Gasteiger partial charge in [0.05, 0.1) is 9.85 Å². The molecule has 94 valence electrons. The van der Waals surface area contributed by atoms with Crippen LogP contribution in [0.1, 0.15) is 16.5 Å². The Morgan fingerprint density at radius 3 is 2.33 bits per heavy atom. The molecule has 0 amide bonds. The second-order valence-electron chi connectivity index (χ2n) is 3.68. The molecule has 0 fully saturated rings. The summed E-state index contributed by atoms with van der Waals surface area (Å²) in [6, 6.07) is 7.77. The summed E-state index contributed by atoms with van der Waals surface area (Å²) in [6.07, 6.45) is 0. The molecule has 2 aromatic rings. The quantitative estimate of drug-likeness (QED) is 0.662. The number of hydrogen-bond acceptors (Lipinski definition) is 0. The molecule has 0 N–H and O–H groups in total. The van der Waals surface area contributed by atoms with Crippen molar-refractivity contribution in [3.63, 3.8) is 0 Å². The molecule has 0 bridgehead atoms. The van der Waals surface area contributed by atoms with Gasteiger partial charge in [0.1, 0.15) is 5.82 Å². The molecule has 1 atom stereocenters. The summed E-state index contributed by atoms with van der Waals surface area (Å²) in [5.74, 6) is -2.38. The Balaban J connectivity index is 2.44. The van der Waals surface area contributed by atoms with Gasteiger partial charge in [-0.3, -0.25) is 0 Å². The molecule has 0 radical (unpaired) electrons. The van der Waals surface area contributed by atoms with Gasteiger partial charge in [-0.25, -0.2) is 13.2 Å². The minimum absolute atomic E-state index is 0.217. The Labute approximate surface area is 116 Å². The van der Waals surface area contributed by atoms with Crippen molar-refractivity contribution in [2.24, 2.45) is 0 Å². The maximum Gasteiger partial charge on any atom is 0.159 e. The molecule has 18 heavy (non-hydrogen) atoms. The second kappa shape index (κ2) is 5.33. The van der Waals surface area contributed by atoms with Gasteiger partial charge in [-0.1, -0.05) is 18.2 Å². The highest BCUT2D eigenvalue weighted by Gasteiger charge is 2.17. The monoisotopic (exact) mass is 334 g/mol. The van der Waals surface area contributed by atoms with Crippen molar-refractivity contribution < 1.29 is 13.2 Å². The van der Waals surface area contributed by atoms with Crippen LogP contribution in [0.3, 0.4) is 0 Å². The fourth-order valence-corrected chi connectivity index (χ4v) is 2.51. The first-order valence-electron chi connectivity index (χ1n) is 5.03. The minimum atomic E-state index is -0.981. The molecule has 0 aliphatic rings. The summed E-state index contributed by atoms with van der Waals surface area (Å²) in [6.45, 7) is 0. The van der Waals surface area contributed by atoms with Crippen LogP contribution in [0.2, 0.25) is 0 Å². The highest BCUT2D eigenvalue weighted by atomic mass is 79.9. The molecule has 0 saturated carbocycles. The summed E-state index contributed by atoms with van der Waals surface area (Å²) in [5, 5.41) is -0.759. The van der Waals surface area contributed by atoms with Gasteiger partial charge in [0.15, 0.2) is 11.6 Å². The third kappa shape index (κ3) is 2.54. The maximum absolute atomic E-state index is 13.4. The van der Waals surface area contributed by atoms with Crippen molar-refractivity contribution in [1.29, 1.82) is 0 Å². The van der Waals surface area contributed by atoms with E-state index in [9.17, 15) is 13.2 Å². The zero-order valence-electron chi connectivity index (χ0n) is 8.93. The number of benzene rings is 2. The van der Waals surface area contributed by atoms with E-state index >= 15 is 0 Å². The van der Waals surface area contributed by atoms with Gasteiger partial charge in [-0.2, -0.15) is 0 Å². The zero-order chi connectivity index (χ0) is 13.3. The average Bonchev–Trinajstić information content (AvgIpc) is 2.35. The molecule has 0 saturated heterocycles. The van der Waals surface area contributed by atoms with Crippen molar-refractivity contribution in [2.75, 3.05) is 0 Å². The van der Waals surface area contributed by atoms with E-state index in [-0.39, 0.29) is 4.47 Å². The molecular formula is C13H7BrClF3.